The van der Waals surface area contributed by atoms with Gasteiger partial charge >= 0.3 is 0 Å². The molecule has 1 atom stereocenters. The van der Waals surface area contributed by atoms with Gasteiger partial charge in [0, 0.05) is 48.7 Å². The number of benzene rings is 1. The minimum Gasteiger partial charge on any atom is -0.370 e. The van der Waals surface area contributed by atoms with E-state index in [4.69, 9.17) is 17.0 Å². The molecule has 3 fully saturated rings. The molecule has 1 unspecified atom stereocenters. The quantitative estimate of drug-likeness (QED) is 0.743. The van der Waals surface area contributed by atoms with E-state index in [9.17, 15) is 0 Å². The van der Waals surface area contributed by atoms with Gasteiger partial charge in [0.15, 0.2) is 0 Å². The lowest BCUT2D eigenvalue weighted by molar-refractivity contribution is 0.312. The summed E-state index contributed by atoms with van der Waals surface area (Å²) in [6.07, 6.45) is 10.2. The zero-order valence-electron chi connectivity index (χ0n) is 16.3. The molecule has 3 aliphatic rings. The number of likely N-dealkylation sites (tertiary alicyclic amines) is 1. The van der Waals surface area contributed by atoms with E-state index in [1.54, 1.807) is 0 Å². The maximum atomic E-state index is 7.80. The van der Waals surface area contributed by atoms with Gasteiger partial charge in [0.25, 0.3) is 0 Å². The zero-order chi connectivity index (χ0) is 19.3. The highest BCUT2D eigenvalue weighted by molar-refractivity contribution is 6.33. The van der Waals surface area contributed by atoms with Crippen molar-refractivity contribution in [3.63, 3.8) is 0 Å². The molecule has 0 bridgehead atoms. The maximum Gasteiger partial charge on any atom is 0.0770 e. The molecule has 2 aromatic rings. The molecule has 6 nitrogen and oxygen atoms in total. The molecule has 148 valence electrons. The summed E-state index contributed by atoms with van der Waals surface area (Å²) in [5.41, 5.74) is 4.13. The SMILES string of the molecule is CN1CCC2(CCN(c3cc(Nc4cnn(C5CC5)c4)c(C=N)cc3Cl)C2)C1. The first-order chi connectivity index (χ1) is 13.5. The normalized spacial score (nSPS) is 25.0. The van der Waals surface area contributed by atoms with E-state index in [0.29, 0.717) is 11.5 Å². The lowest BCUT2D eigenvalue weighted by Gasteiger charge is -2.26. The Bertz CT molecular complexity index is 904. The first-order valence-corrected chi connectivity index (χ1v) is 10.5. The van der Waals surface area contributed by atoms with Crippen LogP contribution in [0, 0.1) is 10.8 Å². The summed E-state index contributed by atoms with van der Waals surface area (Å²) in [6, 6.07) is 4.57. The van der Waals surface area contributed by atoms with Gasteiger partial charge < -0.3 is 20.5 Å². The van der Waals surface area contributed by atoms with Crippen LogP contribution in [-0.4, -0.2) is 54.1 Å². The van der Waals surface area contributed by atoms with Gasteiger partial charge in [-0.05, 0) is 51.4 Å². The average Bonchev–Trinajstić information content (AvgIpc) is 3.12. The minimum absolute atomic E-state index is 0.400. The van der Waals surface area contributed by atoms with Gasteiger partial charge in [0.1, 0.15) is 0 Å². The van der Waals surface area contributed by atoms with Gasteiger partial charge in [-0.25, -0.2) is 0 Å². The standard InChI is InChI=1S/C21H27ClN6/c1-26-6-4-21(13-26)5-7-27(14-21)20-9-19(15(10-23)8-18(20)22)25-16-11-24-28(12-16)17-2-3-17/h8-12,17,23,25H,2-7,13-14H2,1H3. The van der Waals surface area contributed by atoms with Crippen molar-refractivity contribution >= 4 is 34.9 Å². The van der Waals surface area contributed by atoms with Gasteiger partial charge in [-0.15, -0.1) is 0 Å². The predicted octanol–water partition coefficient (Wildman–Crippen LogP) is 4.14. The van der Waals surface area contributed by atoms with Crippen molar-refractivity contribution in [1.29, 1.82) is 5.41 Å². The topological polar surface area (TPSA) is 60.2 Å². The van der Waals surface area contributed by atoms with Crippen LogP contribution in [0.15, 0.2) is 24.5 Å². The molecule has 1 aliphatic carbocycles. The first kappa shape index (κ1) is 18.0. The molecule has 5 rings (SSSR count). The Labute approximate surface area is 171 Å². The number of halogens is 1. The van der Waals surface area contributed by atoms with E-state index in [1.165, 1.54) is 45.0 Å². The lowest BCUT2D eigenvalue weighted by Crippen LogP contribution is -2.29. The van der Waals surface area contributed by atoms with Crippen LogP contribution in [0.5, 0.6) is 0 Å². The highest BCUT2D eigenvalue weighted by Gasteiger charge is 2.42. The number of aromatic nitrogens is 2. The van der Waals surface area contributed by atoms with E-state index in [0.717, 1.165) is 40.7 Å². The molecule has 0 radical (unpaired) electrons. The fourth-order valence-corrected chi connectivity index (χ4v) is 5.07. The number of anilines is 3. The summed E-state index contributed by atoms with van der Waals surface area (Å²) in [5.74, 6) is 0. The predicted molar refractivity (Wildman–Crippen MR) is 114 cm³/mol. The van der Waals surface area contributed by atoms with Crippen molar-refractivity contribution in [1.82, 2.24) is 14.7 Å². The van der Waals surface area contributed by atoms with Crippen LogP contribution in [0.4, 0.5) is 17.1 Å². The highest BCUT2D eigenvalue weighted by Crippen LogP contribution is 2.43. The molecule has 1 saturated carbocycles. The molecule has 2 saturated heterocycles. The van der Waals surface area contributed by atoms with Crippen LogP contribution in [0.2, 0.25) is 5.02 Å². The number of nitrogens with zero attached hydrogens (tertiary/aromatic N) is 4. The van der Waals surface area contributed by atoms with Gasteiger partial charge in [-0.2, -0.15) is 5.10 Å². The Morgan fingerprint density at radius 2 is 2.07 bits per heavy atom. The Balaban J connectivity index is 1.40. The molecule has 1 spiro atoms. The third-order valence-corrected chi connectivity index (χ3v) is 6.79. The molecule has 2 aliphatic heterocycles. The third kappa shape index (κ3) is 3.29. The monoisotopic (exact) mass is 398 g/mol. The maximum absolute atomic E-state index is 7.80. The van der Waals surface area contributed by atoms with E-state index in [1.807, 2.05) is 16.9 Å². The fraction of sp³-hybridized carbons (Fsp3) is 0.524. The second kappa shape index (κ2) is 6.78. The molecule has 1 aromatic heterocycles. The summed E-state index contributed by atoms with van der Waals surface area (Å²) < 4.78 is 2.03. The summed E-state index contributed by atoms with van der Waals surface area (Å²) in [5, 5.41) is 16.4. The number of hydrogen-bond acceptors (Lipinski definition) is 5. The molecular formula is C21H27ClN6. The van der Waals surface area contributed by atoms with Crippen molar-refractivity contribution in [2.75, 3.05) is 43.4 Å². The zero-order valence-corrected chi connectivity index (χ0v) is 17.0. The molecule has 1 aromatic carbocycles. The number of nitrogens with one attached hydrogen (secondary N) is 2. The van der Waals surface area contributed by atoms with E-state index >= 15 is 0 Å². The Hall–Kier alpha value is -2.05. The van der Waals surface area contributed by atoms with Crippen LogP contribution in [0.1, 0.15) is 37.3 Å². The van der Waals surface area contributed by atoms with Gasteiger partial charge in [0.05, 0.1) is 28.6 Å². The van der Waals surface area contributed by atoms with Crippen molar-refractivity contribution in [2.45, 2.75) is 31.7 Å². The summed E-state index contributed by atoms with van der Waals surface area (Å²) >= 11 is 6.64. The minimum atomic E-state index is 0.400. The Morgan fingerprint density at radius 3 is 2.79 bits per heavy atom. The Morgan fingerprint density at radius 1 is 1.25 bits per heavy atom. The van der Waals surface area contributed by atoms with Crippen LogP contribution in [0.25, 0.3) is 0 Å². The second-order valence-electron chi connectivity index (χ2n) is 8.76. The Kier molecular flexibility index (Phi) is 4.36. The third-order valence-electron chi connectivity index (χ3n) is 6.48. The van der Waals surface area contributed by atoms with Gasteiger partial charge in [-0.3, -0.25) is 4.68 Å². The molecule has 28 heavy (non-hydrogen) atoms. The van der Waals surface area contributed by atoms with Crippen molar-refractivity contribution in [3.05, 3.63) is 35.1 Å². The summed E-state index contributed by atoms with van der Waals surface area (Å²) in [6.45, 7) is 4.45. The molecule has 7 heteroatoms. The van der Waals surface area contributed by atoms with E-state index in [-0.39, 0.29) is 0 Å². The molecular weight excluding hydrogens is 372 g/mol. The van der Waals surface area contributed by atoms with Crippen molar-refractivity contribution < 1.29 is 0 Å². The largest absolute Gasteiger partial charge is 0.370 e. The van der Waals surface area contributed by atoms with Crippen molar-refractivity contribution in [2.24, 2.45) is 5.41 Å². The number of rotatable bonds is 5. The number of hydrogen-bond donors (Lipinski definition) is 2. The van der Waals surface area contributed by atoms with Crippen LogP contribution < -0.4 is 10.2 Å². The van der Waals surface area contributed by atoms with Crippen LogP contribution >= 0.6 is 11.6 Å². The summed E-state index contributed by atoms with van der Waals surface area (Å²) in [7, 11) is 2.22. The molecule has 3 heterocycles. The lowest BCUT2D eigenvalue weighted by atomic mass is 9.86. The average molecular weight is 399 g/mol. The van der Waals surface area contributed by atoms with E-state index < -0.39 is 0 Å². The van der Waals surface area contributed by atoms with Gasteiger partial charge in [-0.1, -0.05) is 11.6 Å². The molecule has 0 amide bonds. The first-order valence-electron chi connectivity index (χ1n) is 10.1. The van der Waals surface area contributed by atoms with E-state index in [2.05, 4.69) is 39.5 Å². The summed E-state index contributed by atoms with van der Waals surface area (Å²) in [4.78, 5) is 4.86. The highest BCUT2D eigenvalue weighted by atomic mass is 35.5. The second-order valence-corrected chi connectivity index (χ2v) is 9.17. The smallest absolute Gasteiger partial charge is 0.0770 e. The van der Waals surface area contributed by atoms with Crippen LogP contribution in [-0.2, 0) is 0 Å². The fourth-order valence-electron chi connectivity index (χ4n) is 4.78. The van der Waals surface area contributed by atoms with Crippen molar-refractivity contribution in [3.8, 4) is 0 Å². The van der Waals surface area contributed by atoms with Gasteiger partial charge in [0.2, 0.25) is 0 Å². The van der Waals surface area contributed by atoms with Crippen LogP contribution in [0.3, 0.4) is 0 Å². The molecule has 2 N–H and O–H groups in total.